The first-order valence-corrected chi connectivity index (χ1v) is 10.4. The number of nitrogens with two attached hydrogens (primary N) is 2. The van der Waals surface area contributed by atoms with E-state index in [-0.39, 0.29) is 34.7 Å². The van der Waals surface area contributed by atoms with Gasteiger partial charge in [0.1, 0.15) is 17.1 Å². The predicted molar refractivity (Wildman–Crippen MR) is 118 cm³/mol. The topological polar surface area (TPSA) is 127 Å². The van der Waals surface area contributed by atoms with Gasteiger partial charge in [0.15, 0.2) is 11.6 Å². The molecule has 4 heterocycles. The highest BCUT2D eigenvalue weighted by Crippen LogP contribution is 2.36. The van der Waals surface area contributed by atoms with Crippen molar-refractivity contribution in [2.45, 2.75) is 32.6 Å². The smallest absolute Gasteiger partial charge is 0.220 e. The Morgan fingerprint density at radius 2 is 1.84 bits per heavy atom. The van der Waals surface area contributed by atoms with Crippen LogP contribution < -0.4 is 11.5 Å². The summed E-state index contributed by atoms with van der Waals surface area (Å²) in [6.07, 6.45) is 3.37. The van der Waals surface area contributed by atoms with Crippen molar-refractivity contribution >= 4 is 11.8 Å². The molecule has 162 valence electrons. The number of halogens is 1. The number of aromatic hydroxyl groups is 1. The molecular weight excluding hydrogens is 397 g/mol. The zero-order valence-corrected chi connectivity index (χ0v) is 17.6. The quantitative estimate of drug-likeness (QED) is 0.584. The average Bonchev–Trinajstić information content (AvgIpc) is 2.78. The number of rotatable bonds is 4. The molecule has 1 saturated heterocycles. The standard InChI is InChI=1S/C22H26FN7O/c1-3-30-10-7-13(8-11-30)18-12(2)19(29-22(25)28-18)20-16(31)5-4-15(27-20)14-6-9-26-21(24)17(14)23/h4-6,9,13,31H,3,7-8,10-11H2,1-2H3,(H2,24,26)(H2,25,28,29). The maximum atomic E-state index is 14.5. The maximum absolute atomic E-state index is 14.5. The molecule has 0 aliphatic carbocycles. The van der Waals surface area contributed by atoms with Gasteiger partial charge in [-0.25, -0.2) is 24.3 Å². The van der Waals surface area contributed by atoms with Gasteiger partial charge >= 0.3 is 0 Å². The van der Waals surface area contributed by atoms with Gasteiger partial charge in [-0.05, 0) is 63.2 Å². The zero-order valence-electron chi connectivity index (χ0n) is 17.6. The first-order valence-electron chi connectivity index (χ1n) is 10.4. The van der Waals surface area contributed by atoms with E-state index in [4.69, 9.17) is 11.5 Å². The summed E-state index contributed by atoms with van der Waals surface area (Å²) in [7, 11) is 0. The summed E-state index contributed by atoms with van der Waals surface area (Å²) in [5, 5.41) is 10.5. The number of aromatic nitrogens is 4. The van der Waals surface area contributed by atoms with Crippen LogP contribution in [0.5, 0.6) is 5.75 Å². The van der Waals surface area contributed by atoms with Crippen molar-refractivity contribution in [2.24, 2.45) is 0 Å². The van der Waals surface area contributed by atoms with Gasteiger partial charge in [0, 0.05) is 17.7 Å². The summed E-state index contributed by atoms with van der Waals surface area (Å²) < 4.78 is 14.5. The molecule has 1 aliphatic heterocycles. The number of nitrogens with zero attached hydrogens (tertiary/aromatic N) is 5. The van der Waals surface area contributed by atoms with Crippen LogP contribution in [-0.2, 0) is 0 Å². The largest absolute Gasteiger partial charge is 0.506 e. The molecule has 0 bridgehead atoms. The molecule has 0 radical (unpaired) electrons. The molecule has 3 aromatic rings. The van der Waals surface area contributed by atoms with Gasteiger partial charge in [-0.15, -0.1) is 0 Å². The van der Waals surface area contributed by atoms with E-state index in [1.54, 1.807) is 0 Å². The molecule has 0 aromatic carbocycles. The monoisotopic (exact) mass is 423 g/mol. The second-order valence-corrected chi connectivity index (χ2v) is 7.77. The summed E-state index contributed by atoms with van der Waals surface area (Å²) in [5.74, 6) is -0.556. The average molecular weight is 423 g/mol. The molecule has 9 heteroatoms. The van der Waals surface area contributed by atoms with Crippen LogP contribution in [0.25, 0.3) is 22.6 Å². The summed E-state index contributed by atoms with van der Waals surface area (Å²) >= 11 is 0. The van der Waals surface area contributed by atoms with Crippen molar-refractivity contribution in [2.75, 3.05) is 31.1 Å². The SMILES string of the molecule is CCN1CCC(c2nc(N)nc(-c3nc(-c4ccnc(N)c4F)ccc3O)c2C)CC1. The Balaban J connectivity index is 1.78. The first kappa shape index (κ1) is 20.9. The number of anilines is 2. The molecule has 1 fully saturated rings. The minimum absolute atomic E-state index is 0.0702. The second kappa shape index (κ2) is 8.43. The fourth-order valence-electron chi connectivity index (χ4n) is 4.14. The van der Waals surface area contributed by atoms with Gasteiger partial charge < -0.3 is 21.5 Å². The third kappa shape index (κ3) is 4.00. The van der Waals surface area contributed by atoms with Gasteiger partial charge in [-0.1, -0.05) is 6.92 Å². The number of piperidine rings is 1. The molecule has 3 aromatic heterocycles. The van der Waals surface area contributed by atoms with E-state index < -0.39 is 5.82 Å². The van der Waals surface area contributed by atoms with Crippen molar-refractivity contribution in [3.63, 3.8) is 0 Å². The van der Waals surface area contributed by atoms with E-state index in [9.17, 15) is 9.50 Å². The summed E-state index contributed by atoms with van der Waals surface area (Å²) in [5.41, 5.74) is 14.5. The van der Waals surface area contributed by atoms with Gasteiger partial charge in [0.2, 0.25) is 5.95 Å². The molecule has 0 amide bonds. The zero-order chi connectivity index (χ0) is 22.1. The third-order valence-electron chi connectivity index (χ3n) is 5.91. The Morgan fingerprint density at radius 1 is 1.10 bits per heavy atom. The minimum atomic E-state index is -0.658. The van der Waals surface area contributed by atoms with Crippen LogP contribution >= 0.6 is 0 Å². The van der Waals surface area contributed by atoms with Crippen LogP contribution in [0.2, 0.25) is 0 Å². The molecule has 0 atom stereocenters. The van der Waals surface area contributed by atoms with E-state index in [0.717, 1.165) is 43.7 Å². The van der Waals surface area contributed by atoms with Gasteiger partial charge in [-0.2, -0.15) is 0 Å². The molecule has 0 saturated carbocycles. The van der Waals surface area contributed by atoms with Crippen molar-refractivity contribution < 1.29 is 9.50 Å². The molecule has 0 spiro atoms. The fraction of sp³-hybridized carbons (Fsp3) is 0.364. The second-order valence-electron chi connectivity index (χ2n) is 7.77. The Hall–Kier alpha value is -3.33. The fourth-order valence-corrected chi connectivity index (χ4v) is 4.14. The molecule has 4 rings (SSSR count). The third-order valence-corrected chi connectivity index (χ3v) is 5.91. The van der Waals surface area contributed by atoms with Crippen molar-refractivity contribution in [1.82, 2.24) is 24.8 Å². The molecular formula is C22H26FN7O. The highest BCUT2D eigenvalue weighted by molar-refractivity contribution is 5.72. The van der Waals surface area contributed by atoms with Crippen molar-refractivity contribution in [3.05, 3.63) is 41.5 Å². The van der Waals surface area contributed by atoms with Crippen LogP contribution in [0, 0.1) is 12.7 Å². The number of hydrogen-bond donors (Lipinski definition) is 3. The summed E-state index contributed by atoms with van der Waals surface area (Å²) in [6, 6.07) is 4.48. The van der Waals surface area contributed by atoms with Gasteiger partial charge in [0.05, 0.1) is 11.4 Å². The van der Waals surface area contributed by atoms with E-state index in [2.05, 4.69) is 31.8 Å². The Morgan fingerprint density at radius 3 is 2.55 bits per heavy atom. The van der Waals surface area contributed by atoms with Gasteiger partial charge in [-0.3, -0.25) is 0 Å². The lowest BCUT2D eigenvalue weighted by atomic mass is 9.90. The van der Waals surface area contributed by atoms with Crippen LogP contribution in [0.4, 0.5) is 16.2 Å². The van der Waals surface area contributed by atoms with E-state index in [1.165, 1.54) is 24.4 Å². The predicted octanol–water partition coefficient (Wildman–Crippen LogP) is 3.12. The lowest BCUT2D eigenvalue weighted by Crippen LogP contribution is -2.33. The highest BCUT2D eigenvalue weighted by Gasteiger charge is 2.26. The van der Waals surface area contributed by atoms with E-state index in [1.807, 2.05) is 6.92 Å². The molecule has 1 aliphatic rings. The molecule has 8 nitrogen and oxygen atoms in total. The number of pyridine rings is 2. The van der Waals surface area contributed by atoms with E-state index in [0.29, 0.717) is 11.4 Å². The lowest BCUT2D eigenvalue weighted by Gasteiger charge is -2.31. The van der Waals surface area contributed by atoms with Crippen LogP contribution in [0.3, 0.4) is 0 Å². The van der Waals surface area contributed by atoms with Gasteiger partial charge in [0.25, 0.3) is 0 Å². The lowest BCUT2D eigenvalue weighted by molar-refractivity contribution is 0.220. The molecule has 31 heavy (non-hydrogen) atoms. The Labute approximate surface area is 180 Å². The number of hydrogen-bond acceptors (Lipinski definition) is 8. The highest BCUT2D eigenvalue weighted by atomic mass is 19.1. The maximum Gasteiger partial charge on any atom is 0.220 e. The molecule has 5 N–H and O–H groups in total. The van der Waals surface area contributed by atoms with Crippen LogP contribution in [-0.4, -0.2) is 49.6 Å². The Kier molecular flexibility index (Phi) is 5.69. The summed E-state index contributed by atoms with van der Waals surface area (Å²) in [6.45, 7) is 7.11. The number of likely N-dealkylation sites (tertiary alicyclic amines) is 1. The summed E-state index contributed by atoms with van der Waals surface area (Å²) in [4.78, 5) is 19.5. The van der Waals surface area contributed by atoms with Crippen LogP contribution in [0.15, 0.2) is 24.4 Å². The molecule has 0 unspecified atom stereocenters. The van der Waals surface area contributed by atoms with Crippen LogP contribution in [0.1, 0.15) is 36.9 Å². The van der Waals surface area contributed by atoms with E-state index >= 15 is 0 Å². The first-order chi connectivity index (χ1) is 14.9. The van der Waals surface area contributed by atoms with Crippen molar-refractivity contribution in [3.8, 4) is 28.4 Å². The van der Waals surface area contributed by atoms with Crippen molar-refractivity contribution in [1.29, 1.82) is 0 Å². The Bertz CT molecular complexity index is 1110. The minimum Gasteiger partial charge on any atom is -0.506 e. The number of nitrogen functional groups attached to an aromatic ring is 2. The normalized spacial score (nSPS) is 15.3.